The Balaban J connectivity index is 0.951. The number of likely N-dealkylation sites (N-methyl/N-ethyl adjacent to an activating group) is 2. The number of nitrogens with two attached hydrogens (primary N) is 1. The van der Waals surface area contributed by atoms with Crippen LogP contribution in [0, 0.1) is 11.8 Å². The first kappa shape index (κ1) is 58.1. The number of nitrogens with zero attached hydrogens (tertiary/aromatic N) is 5. The molecular formula is C53H64N7O15P3. The molecule has 0 spiro atoms. The topological polar surface area (TPSA) is 298 Å². The van der Waals surface area contributed by atoms with Crippen molar-refractivity contribution in [3.05, 3.63) is 121 Å². The Morgan fingerprint density at radius 1 is 0.962 bits per heavy atom. The molecule has 0 saturated carbocycles. The first-order chi connectivity index (χ1) is 36.5. The number of hydrogen-bond acceptors (Lipinski definition) is 15. The van der Waals surface area contributed by atoms with E-state index in [1.807, 2.05) is 24.3 Å². The second kappa shape index (κ2) is 22.2. The van der Waals surface area contributed by atoms with E-state index in [0.717, 1.165) is 72.9 Å². The highest BCUT2D eigenvalue weighted by Crippen LogP contribution is 2.65. The van der Waals surface area contributed by atoms with Crippen LogP contribution in [0.25, 0.3) is 16.7 Å². The maximum absolute atomic E-state index is 14.7. The molecule has 5 heterocycles. The molecule has 1 aromatic heterocycles. The van der Waals surface area contributed by atoms with Gasteiger partial charge in [-0.2, -0.15) is 9.29 Å². The van der Waals surface area contributed by atoms with Gasteiger partial charge in [0.1, 0.15) is 30.1 Å². The summed E-state index contributed by atoms with van der Waals surface area (Å²) in [5, 5.41) is 4.70. The Kier molecular flexibility index (Phi) is 16.6. The van der Waals surface area contributed by atoms with Gasteiger partial charge < -0.3 is 49.9 Å². The largest absolute Gasteiger partial charge is 0.756 e. The number of nitrogen functional groups attached to an aromatic ring is 1. The number of phosphoric acid groups is 3. The van der Waals surface area contributed by atoms with E-state index in [0.29, 0.717) is 23.5 Å². The Bertz CT molecular complexity index is 3600. The number of hydrogen-bond donors (Lipinski definition) is 5. The van der Waals surface area contributed by atoms with Crippen LogP contribution in [0.4, 0.5) is 11.5 Å². The minimum absolute atomic E-state index is 0.0812. The van der Waals surface area contributed by atoms with Crippen molar-refractivity contribution in [2.75, 3.05) is 50.5 Å². The van der Waals surface area contributed by atoms with Crippen LogP contribution in [-0.2, 0) is 36.4 Å². The average Bonchev–Trinajstić information content (AvgIpc) is 3.48. The van der Waals surface area contributed by atoms with E-state index in [1.54, 1.807) is 11.9 Å². The van der Waals surface area contributed by atoms with Gasteiger partial charge in [-0.1, -0.05) is 36.1 Å². The summed E-state index contributed by atoms with van der Waals surface area (Å²) in [5.74, 6) is 6.25. The number of phosphoric ester groups is 1. The van der Waals surface area contributed by atoms with Crippen molar-refractivity contribution in [1.29, 1.82) is 0 Å². The Hall–Kier alpha value is -6.04. The highest BCUT2D eigenvalue weighted by Gasteiger charge is 2.40. The molecule has 0 aliphatic carbocycles. The Morgan fingerprint density at radius 3 is 2.38 bits per heavy atom. The van der Waals surface area contributed by atoms with Gasteiger partial charge in [0.25, 0.3) is 13.7 Å². The molecule has 0 radical (unpaired) electrons. The van der Waals surface area contributed by atoms with Gasteiger partial charge in [-0.3, -0.25) is 23.2 Å². The van der Waals surface area contributed by atoms with Gasteiger partial charge in [-0.25, -0.2) is 22.8 Å². The van der Waals surface area contributed by atoms with Crippen molar-refractivity contribution in [1.82, 2.24) is 24.3 Å². The van der Waals surface area contributed by atoms with Gasteiger partial charge in [-0.05, 0) is 102 Å². The summed E-state index contributed by atoms with van der Waals surface area (Å²) >= 11 is 0. The lowest BCUT2D eigenvalue weighted by atomic mass is 9.83. The summed E-state index contributed by atoms with van der Waals surface area (Å²) in [4.78, 5) is 86.8. The van der Waals surface area contributed by atoms with E-state index in [9.17, 15) is 42.8 Å². The van der Waals surface area contributed by atoms with E-state index < -0.39 is 48.1 Å². The molecule has 3 aromatic carbocycles. The minimum Gasteiger partial charge on any atom is -0.756 e. The summed E-state index contributed by atoms with van der Waals surface area (Å²) < 4.78 is 62.6. The lowest BCUT2D eigenvalue weighted by Gasteiger charge is -2.43. The van der Waals surface area contributed by atoms with Crippen molar-refractivity contribution >= 4 is 63.5 Å². The number of rotatable bonds is 17. The third-order valence-corrected chi connectivity index (χ3v) is 17.8. The quantitative estimate of drug-likeness (QED) is 0.0447. The average molecular weight is 1130 g/mol. The zero-order chi connectivity index (χ0) is 56.9. The van der Waals surface area contributed by atoms with Crippen LogP contribution in [-0.4, -0.2) is 98.0 Å². The Morgan fingerprint density at radius 2 is 1.68 bits per heavy atom. The van der Waals surface area contributed by atoms with Crippen molar-refractivity contribution in [2.24, 2.45) is 0 Å². The van der Waals surface area contributed by atoms with Crippen LogP contribution >= 0.6 is 23.5 Å². The van der Waals surface area contributed by atoms with Gasteiger partial charge in [0.2, 0.25) is 11.3 Å². The van der Waals surface area contributed by atoms with Crippen LogP contribution in [0.5, 0.6) is 11.5 Å². The van der Waals surface area contributed by atoms with Gasteiger partial charge in [-0.15, -0.1) is 0 Å². The number of amides is 2. The third kappa shape index (κ3) is 12.5. The molecule has 2 amide bonds. The molecular weight excluding hydrogens is 1070 g/mol. The summed E-state index contributed by atoms with van der Waals surface area (Å²) in [5.41, 5.74) is 13.5. The summed E-state index contributed by atoms with van der Waals surface area (Å²) in [6, 6.07) is 16.3. The van der Waals surface area contributed by atoms with Crippen LogP contribution < -0.4 is 46.4 Å². The molecule has 3 unspecified atom stereocenters. The third-order valence-electron chi connectivity index (χ3n) is 14.0. The number of ether oxygens (including phenoxy) is 2. The fourth-order valence-corrected chi connectivity index (χ4v) is 13.8. The van der Waals surface area contributed by atoms with Crippen LogP contribution in [0.2, 0.25) is 0 Å². The number of benzene rings is 3. The second-order valence-electron chi connectivity index (χ2n) is 20.5. The predicted octanol–water partition coefficient (Wildman–Crippen LogP) is 5.32. The molecule has 4 aliphatic rings. The van der Waals surface area contributed by atoms with Crippen molar-refractivity contribution in [2.45, 2.75) is 104 Å². The van der Waals surface area contributed by atoms with Crippen LogP contribution in [0.1, 0.15) is 125 Å². The molecule has 4 aromatic rings. The molecule has 8 rings (SSSR count). The van der Waals surface area contributed by atoms with Gasteiger partial charge in [0.15, 0.2) is 5.54 Å². The van der Waals surface area contributed by atoms with Gasteiger partial charge in [0, 0.05) is 91.4 Å². The maximum atomic E-state index is 14.7. The fraction of sp³-hybridized carbons (Fsp3) is 0.415. The summed E-state index contributed by atoms with van der Waals surface area (Å²) in [6.07, 6.45) is 4.70. The molecule has 22 nitrogen and oxygen atoms in total. The monoisotopic (exact) mass is 1130 g/mol. The highest BCUT2D eigenvalue weighted by atomic mass is 31.3. The van der Waals surface area contributed by atoms with Crippen molar-refractivity contribution < 1.29 is 65.5 Å². The SMILES string of the molecule is CCN1c2cc3c(cc2C(C)=CC1(C)C)C(c1ccccc1C(=O)N(C)CCCC(=O)NCC#Cc1cn([C@H]2CC[C@@H](COP(=O)(O)OP(=O)(O)OP(=O)([O-])O)O2)c(=O)nc1N)=c1cc2c(cc1O3)=[N+](CC)C(C)(C)C=C2C. The molecule has 4 aliphatic heterocycles. The minimum atomic E-state index is -5.82. The number of aromatic nitrogens is 2. The number of allylic oxidation sites excluding steroid dienone is 2. The van der Waals surface area contributed by atoms with Crippen molar-refractivity contribution in [3.8, 4) is 23.3 Å². The summed E-state index contributed by atoms with van der Waals surface area (Å²) in [6.45, 7) is 18.5. The molecule has 1 fully saturated rings. The van der Waals surface area contributed by atoms with E-state index in [1.165, 1.54) is 6.20 Å². The van der Waals surface area contributed by atoms with E-state index in [4.69, 9.17) is 20.1 Å². The molecule has 25 heteroatoms. The number of carbonyl (C=O) groups excluding carboxylic acids is 2. The molecule has 1 saturated heterocycles. The lowest BCUT2D eigenvalue weighted by Crippen LogP contribution is -2.49. The molecule has 416 valence electrons. The van der Waals surface area contributed by atoms with E-state index >= 15 is 0 Å². The second-order valence-corrected chi connectivity index (χ2v) is 24.9. The molecule has 6 N–H and O–H groups in total. The summed E-state index contributed by atoms with van der Waals surface area (Å²) in [7, 11) is -15.3. The maximum Gasteiger partial charge on any atom is 0.487 e. The van der Waals surface area contributed by atoms with E-state index in [2.05, 4.69) is 137 Å². The smallest absolute Gasteiger partial charge is 0.487 e. The normalized spacial score (nSPS) is 20.1. The zero-order valence-electron chi connectivity index (χ0n) is 44.8. The number of fused-ring (bicyclic) bond motifs is 4. The zero-order valence-corrected chi connectivity index (χ0v) is 47.4. The standard InChI is InChI=1S/C53H64N7O15P3/c1-10-59-42-26-44-40(24-38(42)32(3)28-52(59,5)6)48(41-25-39-33(4)29-53(7,8)60(11-2)43(39)27-45(41)73-44)36-17-12-13-18-37(36)50(62)57(9)23-15-19-46(61)55-22-14-16-34-30-58(51(63)56-49(34)54)47-21-20-35(72-47)31-71-77(67,68)75-78(69,70)74-76(64,65)66/h12-13,17-18,24-30,35,47H,10-11,15,19-23,31H2,1-9H3,(H6-,54,55,56,61,63,64,65,66,67,68,69,70)/t35-,47+/m0/s1. The molecule has 0 bridgehead atoms. The first-order valence-corrected chi connectivity index (χ1v) is 29.8. The number of carbonyl (C=O) groups is 2. The van der Waals surface area contributed by atoms with Crippen LogP contribution in [0.15, 0.2) is 71.7 Å². The molecule has 78 heavy (non-hydrogen) atoms. The van der Waals surface area contributed by atoms with E-state index in [-0.39, 0.29) is 66.6 Å². The lowest BCUT2D eigenvalue weighted by molar-refractivity contribution is -0.212. The highest BCUT2D eigenvalue weighted by molar-refractivity contribution is 7.66. The van der Waals surface area contributed by atoms with Gasteiger partial charge >= 0.3 is 21.3 Å². The predicted molar refractivity (Wildman–Crippen MR) is 290 cm³/mol. The van der Waals surface area contributed by atoms with Crippen LogP contribution in [0.3, 0.4) is 0 Å². The Labute approximate surface area is 451 Å². The molecule has 5 atom stereocenters. The number of anilines is 2. The van der Waals surface area contributed by atoms with Crippen molar-refractivity contribution in [3.63, 3.8) is 0 Å². The fourth-order valence-electron chi connectivity index (χ4n) is 10.8. The first-order valence-electron chi connectivity index (χ1n) is 25.3. The number of nitrogens with one attached hydrogen (secondary N) is 1. The van der Waals surface area contributed by atoms with Gasteiger partial charge in [0.05, 0.1) is 36.4 Å².